The first-order valence-corrected chi connectivity index (χ1v) is 7.24. The Kier molecular flexibility index (Phi) is 3.92. The molecule has 3 nitrogen and oxygen atoms in total. The van der Waals surface area contributed by atoms with Crippen LogP contribution >= 0.6 is 23.2 Å². The number of nitrogens with zero attached hydrogens (tertiary/aromatic N) is 1. The molecular weight excluding hydrogens is 321 g/mol. The highest BCUT2D eigenvalue weighted by atomic mass is 35.5. The molecule has 0 aliphatic carbocycles. The summed E-state index contributed by atoms with van der Waals surface area (Å²) in [6, 6.07) is 14.2. The van der Waals surface area contributed by atoms with Crippen LogP contribution in [0, 0.1) is 0 Å². The molecule has 3 aromatic rings. The van der Waals surface area contributed by atoms with Crippen molar-refractivity contribution < 1.29 is 10.2 Å². The van der Waals surface area contributed by atoms with Crippen LogP contribution in [0.2, 0.25) is 10.0 Å². The van der Waals surface area contributed by atoms with Gasteiger partial charge in [-0.15, -0.1) is 0 Å². The van der Waals surface area contributed by atoms with Crippen molar-refractivity contribution >= 4 is 45.9 Å². The molecule has 0 amide bonds. The molecule has 0 aliphatic heterocycles. The number of phenolic OH excluding ortho intramolecular Hbond substituents is 2. The largest absolute Gasteiger partial charge is 0.507 e. The molecule has 2 N–H and O–H groups in total. The summed E-state index contributed by atoms with van der Waals surface area (Å²) in [7, 11) is 0. The van der Waals surface area contributed by atoms with Gasteiger partial charge in [0.25, 0.3) is 0 Å². The number of aromatic hydroxyl groups is 2. The molecule has 0 radical (unpaired) electrons. The van der Waals surface area contributed by atoms with E-state index in [4.69, 9.17) is 23.2 Å². The third-order valence-electron chi connectivity index (χ3n) is 3.29. The molecule has 0 bridgehead atoms. The number of hydrogen-bond acceptors (Lipinski definition) is 3. The maximum Gasteiger partial charge on any atom is 0.152 e. The van der Waals surface area contributed by atoms with Gasteiger partial charge in [0.1, 0.15) is 5.75 Å². The van der Waals surface area contributed by atoms with Crippen molar-refractivity contribution in [3.63, 3.8) is 0 Å². The number of fused-ring (bicyclic) bond motifs is 1. The average molecular weight is 332 g/mol. The maximum atomic E-state index is 10.1. The minimum absolute atomic E-state index is 0.127. The number of phenols is 2. The van der Waals surface area contributed by atoms with Crippen LogP contribution in [0.5, 0.6) is 11.5 Å². The fourth-order valence-electron chi connectivity index (χ4n) is 2.19. The average Bonchev–Trinajstić information content (AvgIpc) is 2.51. The van der Waals surface area contributed by atoms with Crippen LogP contribution < -0.4 is 0 Å². The standard InChI is InChI=1S/C17H11Cl2NO2/c18-14-7-11(8-15(19)17(14)22)20-9-13-12-4-2-1-3-10(12)5-6-16(13)21/h1-9,21-22H. The van der Waals surface area contributed by atoms with Gasteiger partial charge in [0.15, 0.2) is 5.75 Å². The second-order valence-corrected chi connectivity index (χ2v) is 5.55. The molecule has 0 saturated heterocycles. The smallest absolute Gasteiger partial charge is 0.152 e. The number of hydrogen-bond donors (Lipinski definition) is 2. The Morgan fingerprint density at radius 3 is 2.32 bits per heavy atom. The van der Waals surface area contributed by atoms with Gasteiger partial charge in [0, 0.05) is 11.8 Å². The van der Waals surface area contributed by atoms with Gasteiger partial charge in [-0.3, -0.25) is 4.99 Å². The molecule has 0 aromatic heterocycles. The Morgan fingerprint density at radius 1 is 0.909 bits per heavy atom. The Hall–Kier alpha value is -2.23. The molecule has 110 valence electrons. The van der Waals surface area contributed by atoms with Crippen LogP contribution in [-0.2, 0) is 0 Å². The normalized spacial score (nSPS) is 11.4. The molecule has 0 aliphatic rings. The van der Waals surface area contributed by atoms with Crippen molar-refractivity contribution in [2.45, 2.75) is 0 Å². The summed E-state index contributed by atoms with van der Waals surface area (Å²) in [5.41, 5.74) is 1.10. The molecule has 0 atom stereocenters. The lowest BCUT2D eigenvalue weighted by molar-refractivity contribution is 0.475. The van der Waals surface area contributed by atoms with E-state index < -0.39 is 0 Å². The third kappa shape index (κ3) is 2.73. The van der Waals surface area contributed by atoms with E-state index in [2.05, 4.69) is 4.99 Å². The molecule has 0 unspecified atom stereocenters. The predicted molar refractivity (Wildman–Crippen MR) is 91.0 cm³/mol. The molecular formula is C17H11Cl2NO2. The number of halogens is 2. The quantitative estimate of drug-likeness (QED) is 0.625. The molecule has 0 saturated carbocycles. The van der Waals surface area contributed by atoms with Crippen LogP contribution in [0.1, 0.15) is 5.56 Å². The highest BCUT2D eigenvalue weighted by Crippen LogP contribution is 2.36. The van der Waals surface area contributed by atoms with Gasteiger partial charge in [-0.2, -0.15) is 0 Å². The summed E-state index contributed by atoms with van der Waals surface area (Å²) in [4.78, 5) is 4.29. The van der Waals surface area contributed by atoms with Gasteiger partial charge < -0.3 is 10.2 Å². The zero-order valence-electron chi connectivity index (χ0n) is 11.3. The Labute approximate surface area is 137 Å². The minimum atomic E-state index is -0.171. The van der Waals surface area contributed by atoms with Crippen LogP contribution in [0.15, 0.2) is 53.5 Å². The highest BCUT2D eigenvalue weighted by Gasteiger charge is 2.07. The van der Waals surface area contributed by atoms with Crippen molar-refractivity contribution in [3.05, 3.63) is 64.1 Å². The topological polar surface area (TPSA) is 52.8 Å². The lowest BCUT2D eigenvalue weighted by atomic mass is 10.0. The summed E-state index contributed by atoms with van der Waals surface area (Å²) in [6.07, 6.45) is 1.55. The second-order valence-electron chi connectivity index (χ2n) is 4.74. The Balaban J connectivity index is 2.08. The zero-order valence-corrected chi connectivity index (χ0v) is 12.8. The molecule has 0 fully saturated rings. The van der Waals surface area contributed by atoms with E-state index in [0.29, 0.717) is 11.3 Å². The fraction of sp³-hybridized carbons (Fsp3) is 0. The van der Waals surface area contributed by atoms with E-state index in [1.54, 1.807) is 12.3 Å². The summed E-state index contributed by atoms with van der Waals surface area (Å²) >= 11 is 11.7. The molecule has 3 aromatic carbocycles. The molecule has 0 spiro atoms. The molecule has 22 heavy (non-hydrogen) atoms. The monoisotopic (exact) mass is 331 g/mol. The first-order valence-electron chi connectivity index (χ1n) is 6.49. The van der Waals surface area contributed by atoms with Gasteiger partial charge in [0.2, 0.25) is 0 Å². The van der Waals surface area contributed by atoms with Gasteiger partial charge in [-0.25, -0.2) is 0 Å². The van der Waals surface area contributed by atoms with Crippen LogP contribution in [-0.4, -0.2) is 16.4 Å². The van der Waals surface area contributed by atoms with Crippen LogP contribution in [0.3, 0.4) is 0 Å². The summed E-state index contributed by atoms with van der Waals surface area (Å²) in [5, 5.41) is 21.7. The third-order valence-corrected chi connectivity index (χ3v) is 3.87. The molecule has 0 heterocycles. The lowest BCUT2D eigenvalue weighted by Gasteiger charge is -2.05. The van der Waals surface area contributed by atoms with E-state index in [1.807, 2.05) is 30.3 Å². The van der Waals surface area contributed by atoms with Crippen LogP contribution in [0.25, 0.3) is 10.8 Å². The van der Waals surface area contributed by atoms with Crippen molar-refractivity contribution in [1.82, 2.24) is 0 Å². The van der Waals surface area contributed by atoms with Crippen molar-refractivity contribution in [3.8, 4) is 11.5 Å². The minimum Gasteiger partial charge on any atom is -0.507 e. The van der Waals surface area contributed by atoms with E-state index >= 15 is 0 Å². The Bertz CT molecular complexity index is 868. The number of rotatable bonds is 2. The number of aliphatic imine (C=N–C) groups is 1. The van der Waals surface area contributed by atoms with Gasteiger partial charge in [-0.05, 0) is 29.0 Å². The molecule has 5 heteroatoms. The van der Waals surface area contributed by atoms with Gasteiger partial charge >= 0.3 is 0 Å². The first kappa shape index (κ1) is 14.7. The van der Waals surface area contributed by atoms with Crippen molar-refractivity contribution in [2.75, 3.05) is 0 Å². The predicted octanol–water partition coefficient (Wildman–Crippen LogP) is 5.31. The van der Waals surface area contributed by atoms with Crippen LogP contribution in [0.4, 0.5) is 5.69 Å². The van der Waals surface area contributed by atoms with E-state index in [0.717, 1.165) is 10.8 Å². The first-order chi connectivity index (χ1) is 10.6. The SMILES string of the molecule is Oc1ccc2ccccc2c1C=Nc1cc(Cl)c(O)c(Cl)c1. The zero-order chi connectivity index (χ0) is 15.7. The van der Waals surface area contributed by atoms with Gasteiger partial charge in [0.05, 0.1) is 15.7 Å². The Morgan fingerprint density at radius 2 is 1.59 bits per heavy atom. The summed E-state index contributed by atoms with van der Waals surface area (Å²) in [6.45, 7) is 0. The van der Waals surface area contributed by atoms with Crippen molar-refractivity contribution in [2.24, 2.45) is 4.99 Å². The van der Waals surface area contributed by atoms with E-state index in [-0.39, 0.29) is 21.5 Å². The maximum absolute atomic E-state index is 10.1. The number of benzene rings is 3. The summed E-state index contributed by atoms with van der Waals surface area (Å²) in [5.74, 6) is -0.0336. The second kappa shape index (κ2) is 5.87. The summed E-state index contributed by atoms with van der Waals surface area (Å²) < 4.78 is 0. The van der Waals surface area contributed by atoms with Crippen molar-refractivity contribution in [1.29, 1.82) is 0 Å². The fourth-order valence-corrected chi connectivity index (χ4v) is 2.66. The molecule has 3 rings (SSSR count). The van der Waals surface area contributed by atoms with E-state index in [1.165, 1.54) is 12.1 Å². The highest BCUT2D eigenvalue weighted by molar-refractivity contribution is 6.37. The van der Waals surface area contributed by atoms with E-state index in [9.17, 15) is 10.2 Å². The van der Waals surface area contributed by atoms with Gasteiger partial charge in [-0.1, -0.05) is 53.5 Å². The lowest BCUT2D eigenvalue weighted by Crippen LogP contribution is -1.86.